The quantitative estimate of drug-likeness (QED) is 0.623. The zero-order valence-electron chi connectivity index (χ0n) is 7.50. The van der Waals surface area contributed by atoms with Crippen LogP contribution in [0.25, 0.3) is 0 Å². The monoisotopic (exact) mass is 161 g/mol. The van der Waals surface area contributed by atoms with Crippen molar-refractivity contribution in [1.82, 2.24) is 0 Å². The lowest BCUT2D eigenvalue weighted by molar-refractivity contribution is 0.0968. The van der Waals surface area contributed by atoms with E-state index >= 15 is 0 Å². The Morgan fingerprint density at radius 1 is 1.42 bits per heavy atom. The number of ketones is 1. The van der Waals surface area contributed by atoms with Gasteiger partial charge in [-0.05, 0) is 12.0 Å². The molecule has 1 aromatic carbocycles. The van der Waals surface area contributed by atoms with Gasteiger partial charge in [-0.3, -0.25) is 4.79 Å². The van der Waals surface area contributed by atoms with Crippen LogP contribution in [-0.4, -0.2) is 5.78 Å². The molecule has 0 atom stereocenters. The maximum absolute atomic E-state index is 11.4. The minimum absolute atomic E-state index is 0.221. The molecule has 0 amide bonds. The molecule has 63 valence electrons. The molecule has 1 heteroatoms. The van der Waals surface area contributed by atoms with E-state index in [0.29, 0.717) is 12.3 Å². The zero-order valence-corrected chi connectivity index (χ0v) is 7.50. The average molecular weight is 161 g/mol. The number of hydrogen-bond acceptors (Lipinski definition) is 1. The van der Waals surface area contributed by atoms with E-state index in [2.05, 4.69) is 6.07 Å². The highest BCUT2D eigenvalue weighted by Crippen LogP contribution is 2.08. The van der Waals surface area contributed by atoms with Crippen molar-refractivity contribution >= 4 is 5.78 Å². The van der Waals surface area contributed by atoms with Gasteiger partial charge < -0.3 is 0 Å². The second-order valence-electron chi connectivity index (χ2n) is 3.31. The van der Waals surface area contributed by atoms with Crippen LogP contribution in [0.5, 0.6) is 0 Å². The zero-order chi connectivity index (χ0) is 8.97. The first kappa shape index (κ1) is 8.98. The second kappa shape index (κ2) is 4.05. The van der Waals surface area contributed by atoms with Crippen LogP contribution in [0, 0.1) is 12.0 Å². The first-order valence-corrected chi connectivity index (χ1v) is 4.19. The Bertz CT molecular complexity index is 249. The molecule has 1 nitrogen and oxygen atoms in total. The molecule has 0 unspecified atom stereocenters. The smallest absolute Gasteiger partial charge is 0.163 e. The van der Waals surface area contributed by atoms with E-state index in [1.807, 2.05) is 26.0 Å². The third kappa shape index (κ3) is 2.50. The Labute approximate surface area is 73.4 Å². The van der Waals surface area contributed by atoms with Gasteiger partial charge in [0.05, 0.1) is 0 Å². The van der Waals surface area contributed by atoms with E-state index in [0.717, 1.165) is 5.56 Å². The standard InChI is InChI=1S/C11H13O/c1-9(2)8-11(12)10-6-4-3-5-7-10/h4-7,9H,8H2,1-2H3. The molecule has 0 saturated carbocycles. The van der Waals surface area contributed by atoms with E-state index in [4.69, 9.17) is 0 Å². The summed E-state index contributed by atoms with van der Waals surface area (Å²) in [6.07, 6.45) is 0.629. The maximum atomic E-state index is 11.4. The fourth-order valence-electron chi connectivity index (χ4n) is 1.06. The molecule has 1 rings (SSSR count). The van der Waals surface area contributed by atoms with Crippen molar-refractivity contribution in [3.05, 3.63) is 35.9 Å². The highest BCUT2D eigenvalue weighted by molar-refractivity contribution is 5.96. The molecule has 0 spiro atoms. The van der Waals surface area contributed by atoms with Crippen molar-refractivity contribution in [2.24, 2.45) is 5.92 Å². The van der Waals surface area contributed by atoms with E-state index < -0.39 is 0 Å². The van der Waals surface area contributed by atoms with E-state index in [-0.39, 0.29) is 5.78 Å². The number of Topliss-reactive ketones (excluding diaryl/α,β-unsaturated/α-hetero) is 1. The van der Waals surface area contributed by atoms with Crippen LogP contribution >= 0.6 is 0 Å². The van der Waals surface area contributed by atoms with Gasteiger partial charge in [0.1, 0.15) is 0 Å². The first-order valence-electron chi connectivity index (χ1n) is 4.19. The van der Waals surface area contributed by atoms with Crippen LogP contribution in [-0.2, 0) is 0 Å². The molecule has 0 heterocycles. The Morgan fingerprint density at radius 2 is 2.00 bits per heavy atom. The predicted octanol–water partition coefficient (Wildman–Crippen LogP) is 2.72. The van der Waals surface area contributed by atoms with Crippen LogP contribution in [0.2, 0.25) is 0 Å². The molecule has 0 saturated heterocycles. The van der Waals surface area contributed by atoms with Gasteiger partial charge in [0.2, 0.25) is 0 Å². The fourth-order valence-corrected chi connectivity index (χ4v) is 1.06. The molecule has 0 fully saturated rings. The summed E-state index contributed by atoms with van der Waals surface area (Å²) in [6.45, 7) is 4.10. The third-order valence-electron chi connectivity index (χ3n) is 1.63. The Morgan fingerprint density at radius 3 is 2.50 bits per heavy atom. The van der Waals surface area contributed by atoms with Gasteiger partial charge in [0, 0.05) is 12.0 Å². The lowest BCUT2D eigenvalue weighted by Crippen LogP contribution is -2.02. The number of rotatable bonds is 3. The van der Waals surface area contributed by atoms with Crippen molar-refractivity contribution in [3.8, 4) is 0 Å². The normalized spacial score (nSPS) is 10.2. The lowest BCUT2D eigenvalue weighted by atomic mass is 10.0. The SMILES string of the molecule is CC(C)CC(=O)c1cc[c]cc1. The van der Waals surface area contributed by atoms with E-state index in [1.165, 1.54) is 0 Å². The van der Waals surface area contributed by atoms with E-state index in [1.54, 1.807) is 12.1 Å². The average Bonchev–Trinajstić information content (AvgIpc) is 2.05. The molecule has 0 aromatic heterocycles. The lowest BCUT2D eigenvalue weighted by Gasteiger charge is -2.02. The molecule has 0 aliphatic carbocycles. The third-order valence-corrected chi connectivity index (χ3v) is 1.63. The van der Waals surface area contributed by atoms with Crippen molar-refractivity contribution < 1.29 is 4.79 Å². The topological polar surface area (TPSA) is 17.1 Å². The molecule has 1 radical (unpaired) electrons. The maximum Gasteiger partial charge on any atom is 0.163 e. The number of hydrogen-bond donors (Lipinski definition) is 0. The molecular formula is C11H13O. The Hall–Kier alpha value is -1.11. The number of carbonyl (C=O) groups excluding carboxylic acids is 1. The van der Waals surface area contributed by atoms with Crippen molar-refractivity contribution in [2.75, 3.05) is 0 Å². The first-order chi connectivity index (χ1) is 5.70. The van der Waals surface area contributed by atoms with Gasteiger partial charge in [-0.25, -0.2) is 0 Å². The van der Waals surface area contributed by atoms with Crippen LogP contribution in [0.3, 0.4) is 0 Å². The number of benzene rings is 1. The summed E-state index contributed by atoms with van der Waals surface area (Å²) in [5, 5.41) is 0. The summed E-state index contributed by atoms with van der Waals surface area (Å²) in [7, 11) is 0. The van der Waals surface area contributed by atoms with Gasteiger partial charge >= 0.3 is 0 Å². The molecule has 0 aliphatic rings. The summed E-state index contributed by atoms with van der Waals surface area (Å²) in [5.74, 6) is 0.653. The molecule has 0 aliphatic heterocycles. The Kier molecular flexibility index (Phi) is 3.03. The van der Waals surface area contributed by atoms with Crippen LogP contribution in [0.4, 0.5) is 0 Å². The fraction of sp³-hybridized carbons (Fsp3) is 0.364. The van der Waals surface area contributed by atoms with Crippen molar-refractivity contribution in [2.45, 2.75) is 20.3 Å². The highest BCUT2D eigenvalue weighted by atomic mass is 16.1. The van der Waals surface area contributed by atoms with Gasteiger partial charge in [-0.2, -0.15) is 0 Å². The summed E-state index contributed by atoms with van der Waals surface area (Å²) >= 11 is 0. The van der Waals surface area contributed by atoms with Gasteiger partial charge in [-0.1, -0.05) is 38.1 Å². The number of carbonyl (C=O) groups is 1. The Balaban J connectivity index is 2.66. The molecule has 1 aromatic rings. The van der Waals surface area contributed by atoms with E-state index in [9.17, 15) is 4.79 Å². The minimum Gasteiger partial charge on any atom is -0.294 e. The summed E-state index contributed by atoms with van der Waals surface area (Å²) in [6, 6.07) is 10.1. The van der Waals surface area contributed by atoms with Gasteiger partial charge in [0.15, 0.2) is 5.78 Å². The van der Waals surface area contributed by atoms with Gasteiger partial charge in [-0.15, -0.1) is 0 Å². The predicted molar refractivity (Wildman–Crippen MR) is 49.1 cm³/mol. The highest BCUT2D eigenvalue weighted by Gasteiger charge is 2.06. The summed E-state index contributed by atoms with van der Waals surface area (Å²) < 4.78 is 0. The van der Waals surface area contributed by atoms with Crippen LogP contribution < -0.4 is 0 Å². The molecule has 0 N–H and O–H groups in total. The summed E-state index contributed by atoms with van der Waals surface area (Å²) in [4.78, 5) is 11.4. The van der Waals surface area contributed by atoms with Gasteiger partial charge in [0.25, 0.3) is 0 Å². The van der Waals surface area contributed by atoms with Crippen molar-refractivity contribution in [1.29, 1.82) is 0 Å². The van der Waals surface area contributed by atoms with Crippen LogP contribution in [0.1, 0.15) is 30.6 Å². The second-order valence-corrected chi connectivity index (χ2v) is 3.31. The van der Waals surface area contributed by atoms with Crippen molar-refractivity contribution in [3.63, 3.8) is 0 Å². The largest absolute Gasteiger partial charge is 0.294 e. The molecule has 0 bridgehead atoms. The van der Waals surface area contributed by atoms with Crippen LogP contribution in [0.15, 0.2) is 24.3 Å². The molecular weight excluding hydrogens is 148 g/mol. The molecule has 12 heavy (non-hydrogen) atoms. The summed E-state index contributed by atoms with van der Waals surface area (Å²) in [5.41, 5.74) is 0.794. The minimum atomic E-state index is 0.221.